The summed E-state index contributed by atoms with van der Waals surface area (Å²) < 4.78 is 9.44. The van der Waals surface area contributed by atoms with Crippen molar-refractivity contribution in [2.45, 2.75) is 24.9 Å². The summed E-state index contributed by atoms with van der Waals surface area (Å²) in [4.78, 5) is 12.7. The standard InChI is InChI=1S/C17H13Cl3N4S.C14H14Cl2N2O/c18-13-3-1-12(2-4-13)9-25-17(8-24-11-21-10-22-24)23-16-6-5-14(19)7-15(16)20;1-2-7-19-14(9-18-6-5-17-10-18)12-4-3-11(15)8-13(12)16/h1-7,10-11H,8-9H2;2-6,8,10,14H,1,7,9H2. The Kier molecular flexibility index (Phi) is 13.6. The number of nitrogens with zero attached hydrogens (tertiary/aromatic N) is 6. The minimum atomic E-state index is -0.169. The van der Waals surface area contributed by atoms with Gasteiger partial charge in [-0.3, -0.25) is 0 Å². The lowest BCUT2D eigenvalue weighted by molar-refractivity contribution is 0.0608. The van der Waals surface area contributed by atoms with Crippen LogP contribution in [0.5, 0.6) is 0 Å². The molecule has 1 atom stereocenters. The van der Waals surface area contributed by atoms with Crippen molar-refractivity contribution in [2.75, 3.05) is 6.61 Å². The average molecular weight is 709 g/mol. The minimum Gasteiger partial charge on any atom is -0.368 e. The third-order valence-corrected chi connectivity index (χ3v) is 8.28. The summed E-state index contributed by atoms with van der Waals surface area (Å²) in [7, 11) is 0. The summed E-state index contributed by atoms with van der Waals surface area (Å²) in [6, 6.07) is 18.4. The fraction of sp³-hybridized carbons (Fsp3) is 0.161. The maximum atomic E-state index is 6.24. The highest BCUT2D eigenvalue weighted by atomic mass is 35.5. The second-order valence-electron chi connectivity index (χ2n) is 9.15. The molecule has 5 aromatic rings. The van der Waals surface area contributed by atoms with Crippen molar-refractivity contribution < 1.29 is 4.74 Å². The number of benzene rings is 3. The monoisotopic (exact) mass is 706 g/mol. The zero-order valence-corrected chi connectivity index (χ0v) is 27.8. The number of ether oxygens (including phenoxy) is 1. The molecule has 0 radical (unpaired) electrons. The molecule has 0 aliphatic heterocycles. The molecular formula is C31H27Cl5N6OS. The van der Waals surface area contributed by atoms with Gasteiger partial charge < -0.3 is 9.30 Å². The number of rotatable bonds is 11. The van der Waals surface area contributed by atoms with Gasteiger partial charge in [-0.2, -0.15) is 5.10 Å². The minimum absolute atomic E-state index is 0.169. The second kappa shape index (κ2) is 17.6. The molecule has 0 aliphatic carbocycles. The van der Waals surface area contributed by atoms with E-state index < -0.39 is 0 Å². The van der Waals surface area contributed by atoms with E-state index in [1.807, 2.05) is 41.1 Å². The molecule has 2 heterocycles. The van der Waals surface area contributed by atoms with E-state index in [0.29, 0.717) is 45.5 Å². The Morgan fingerprint density at radius 2 is 1.64 bits per heavy atom. The Hall–Kier alpha value is -2.82. The Labute approximate surface area is 285 Å². The van der Waals surface area contributed by atoms with Gasteiger partial charge >= 0.3 is 0 Å². The zero-order chi connectivity index (χ0) is 31.3. The number of hydrogen-bond donors (Lipinski definition) is 0. The molecule has 228 valence electrons. The fourth-order valence-corrected chi connectivity index (χ4v) is 5.81. The molecule has 3 aromatic carbocycles. The summed E-state index contributed by atoms with van der Waals surface area (Å²) in [6.45, 7) is 5.26. The van der Waals surface area contributed by atoms with Crippen LogP contribution in [0, 0.1) is 0 Å². The second-order valence-corrected chi connectivity index (χ2v) is 12.3. The van der Waals surface area contributed by atoms with Crippen LogP contribution < -0.4 is 0 Å². The van der Waals surface area contributed by atoms with Crippen LogP contribution in [-0.2, 0) is 23.6 Å². The van der Waals surface area contributed by atoms with Crippen molar-refractivity contribution in [3.8, 4) is 0 Å². The van der Waals surface area contributed by atoms with Gasteiger partial charge in [0.2, 0.25) is 0 Å². The highest BCUT2D eigenvalue weighted by molar-refractivity contribution is 8.13. The summed E-state index contributed by atoms with van der Waals surface area (Å²) >= 11 is 31.9. The molecular weight excluding hydrogens is 682 g/mol. The molecule has 7 nitrogen and oxygen atoms in total. The third kappa shape index (κ3) is 11.0. The van der Waals surface area contributed by atoms with Crippen LogP contribution in [0.1, 0.15) is 17.2 Å². The van der Waals surface area contributed by atoms with E-state index in [9.17, 15) is 0 Å². The normalized spacial score (nSPS) is 12.0. The van der Waals surface area contributed by atoms with E-state index in [1.54, 1.807) is 71.7 Å². The molecule has 0 spiro atoms. The molecule has 0 bridgehead atoms. The van der Waals surface area contributed by atoms with Crippen molar-refractivity contribution >= 4 is 80.5 Å². The molecule has 44 heavy (non-hydrogen) atoms. The molecule has 2 aromatic heterocycles. The van der Waals surface area contributed by atoms with Gasteiger partial charge in [0.15, 0.2) is 0 Å². The SMILES string of the molecule is C=CCOC(Cn1ccnc1)c1ccc(Cl)cc1Cl.Clc1ccc(CSC(Cn2cncn2)=Nc2ccc(Cl)cc2Cl)cc1. The smallest absolute Gasteiger partial charge is 0.137 e. The topological polar surface area (TPSA) is 70.1 Å². The van der Waals surface area contributed by atoms with E-state index in [0.717, 1.165) is 26.9 Å². The Balaban J connectivity index is 0.000000209. The average Bonchev–Trinajstić information content (AvgIpc) is 3.71. The van der Waals surface area contributed by atoms with Crippen molar-refractivity contribution in [1.82, 2.24) is 24.3 Å². The molecule has 1 unspecified atom stereocenters. The van der Waals surface area contributed by atoms with Gasteiger partial charge in [-0.15, -0.1) is 18.3 Å². The summed E-state index contributed by atoms with van der Waals surface area (Å²) in [5, 5.41) is 8.02. The van der Waals surface area contributed by atoms with Gasteiger partial charge in [-0.25, -0.2) is 19.6 Å². The van der Waals surface area contributed by atoms with Crippen LogP contribution in [0.25, 0.3) is 0 Å². The van der Waals surface area contributed by atoms with E-state index >= 15 is 0 Å². The Morgan fingerprint density at radius 1 is 0.909 bits per heavy atom. The van der Waals surface area contributed by atoms with Gasteiger partial charge in [0.25, 0.3) is 0 Å². The first kappa shape index (κ1) is 34.1. The lowest BCUT2D eigenvalue weighted by Gasteiger charge is -2.19. The van der Waals surface area contributed by atoms with Crippen LogP contribution in [0.3, 0.4) is 0 Å². The van der Waals surface area contributed by atoms with E-state index in [2.05, 4.69) is 26.6 Å². The largest absolute Gasteiger partial charge is 0.368 e. The van der Waals surface area contributed by atoms with Crippen molar-refractivity contribution in [2.24, 2.45) is 4.99 Å². The van der Waals surface area contributed by atoms with E-state index in [-0.39, 0.29) is 6.10 Å². The van der Waals surface area contributed by atoms with Gasteiger partial charge in [-0.05, 0) is 48.0 Å². The lowest BCUT2D eigenvalue weighted by Crippen LogP contribution is -2.12. The Morgan fingerprint density at radius 3 is 2.27 bits per heavy atom. The van der Waals surface area contributed by atoms with Gasteiger partial charge in [0.05, 0.1) is 41.8 Å². The summed E-state index contributed by atoms with van der Waals surface area (Å²) in [5.41, 5.74) is 2.73. The van der Waals surface area contributed by atoms with Crippen molar-refractivity contribution in [3.63, 3.8) is 0 Å². The number of aromatic nitrogens is 5. The van der Waals surface area contributed by atoms with E-state index in [1.165, 1.54) is 6.33 Å². The maximum absolute atomic E-state index is 6.24. The zero-order valence-electron chi connectivity index (χ0n) is 23.2. The van der Waals surface area contributed by atoms with Crippen LogP contribution in [0.2, 0.25) is 25.1 Å². The highest BCUT2D eigenvalue weighted by Gasteiger charge is 2.16. The molecule has 13 heteroatoms. The molecule has 0 saturated carbocycles. The Bertz CT molecular complexity index is 1650. The van der Waals surface area contributed by atoms with Crippen LogP contribution in [0.4, 0.5) is 5.69 Å². The number of imidazole rings is 1. The van der Waals surface area contributed by atoms with Gasteiger partial charge in [0.1, 0.15) is 18.8 Å². The third-order valence-electron chi connectivity index (χ3n) is 5.90. The summed E-state index contributed by atoms with van der Waals surface area (Å²) in [6.07, 6.45) is 10.1. The van der Waals surface area contributed by atoms with Crippen LogP contribution in [0.15, 0.2) is 110 Å². The predicted octanol–water partition coefficient (Wildman–Crippen LogP) is 10.0. The fourth-order valence-electron chi connectivity index (χ4n) is 3.79. The number of halogens is 5. The first-order chi connectivity index (χ1) is 21.3. The van der Waals surface area contributed by atoms with E-state index in [4.69, 9.17) is 62.7 Å². The van der Waals surface area contributed by atoms with Crippen molar-refractivity contribution in [3.05, 3.63) is 141 Å². The van der Waals surface area contributed by atoms with Crippen molar-refractivity contribution in [1.29, 1.82) is 0 Å². The summed E-state index contributed by atoms with van der Waals surface area (Å²) in [5.74, 6) is 0.760. The number of aliphatic imine (C=N–C) groups is 1. The quantitative estimate of drug-likeness (QED) is 0.0776. The lowest BCUT2D eigenvalue weighted by atomic mass is 10.1. The van der Waals surface area contributed by atoms with Crippen LogP contribution in [-0.4, -0.2) is 36.0 Å². The first-order valence-corrected chi connectivity index (χ1v) is 16.0. The number of thioether (sulfide) groups is 1. The van der Waals surface area contributed by atoms with Crippen LogP contribution >= 0.6 is 69.8 Å². The molecule has 0 saturated heterocycles. The molecule has 0 N–H and O–H groups in total. The van der Waals surface area contributed by atoms with Gasteiger partial charge in [0, 0.05) is 43.8 Å². The number of hydrogen-bond acceptors (Lipinski definition) is 6. The first-order valence-electron chi connectivity index (χ1n) is 13.2. The molecule has 0 fully saturated rings. The maximum Gasteiger partial charge on any atom is 0.137 e. The molecule has 5 rings (SSSR count). The predicted molar refractivity (Wildman–Crippen MR) is 184 cm³/mol. The molecule has 0 amide bonds. The van der Waals surface area contributed by atoms with Gasteiger partial charge in [-0.1, -0.05) is 82.3 Å². The highest BCUT2D eigenvalue weighted by Crippen LogP contribution is 2.31. The molecule has 0 aliphatic rings.